The first-order chi connectivity index (χ1) is 13.3. The predicted molar refractivity (Wildman–Crippen MR) is 111 cm³/mol. The SMILES string of the molecule is C[C@H](CCC(=O)CF)[C@H]1CC[C@H]2[C@@H]3[C@H](O)C[C@@H]4CCCC[C@]4(C)[C@H]3CC[C@]12C. The molecule has 160 valence electrons. The lowest BCUT2D eigenvalue weighted by atomic mass is 9.44. The molecule has 0 amide bonds. The Hall–Kier alpha value is -0.440. The van der Waals surface area contributed by atoms with E-state index in [1.165, 1.54) is 51.4 Å². The molecule has 0 spiro atoms. The van der Waals surface area contributed by atoms with Crippen molar-refractivity contribution in [2.75, 3.05) is 6.67 Å². The highest BCUT2D eigenvalue weighted by Crippen LogP contribution is 2.68. The molecule has 0 bridgehead atoms. The highest BCUT2D eigenvalue weighted by molar-refractivity contribution is 5.79. The molecule has 0 heterocycles. The Morgan fingerprint density at radius 3 is 2.57 bits per heavy atom. The smallest absolute Gasteiger partial charge is 0.163 e. The highest BCUT2D eigenvalue weighted by Gasteiger charge is 2.62. The Morgan fingerprint density at radius 1 is 1.07 bits per heavy atom. The van der Waals surface area contributed by atoms with Gasteiger partial charge in [0, 0.05) is 6.42 Å². The van der Waals surface area contributed by atoms with E-state index in [1.807, 2.05) is 0 Å². The second-order valence-electron chi connectivity index (χ2n) is 11.5. The fraction of sp³-hybridized carbons (Fsp3) is 0.960. The van der Waals surface area contributed by atoms with Gasteiger partial charge < -0.3 is 5.11 Å². The van der Waals surface area contributed by atoms with Crippen LogP contribution in [0.25, 0.3) is 0 Å². The quantitative estimate of drug-likeness (QED) is 0.626. The average molecular weight is 393 g/mol. The Bertz CT molecular complexity index is 591. The van der Waals surface area contributed by atoms with Crippen molar-refractivity contribution in [3.8, 4) is 0 Å². The lowest BCUT2D eigenvalue weighted by Gasteiger charge is -2.62. The van der Waals surface area contributed by atoms with Gasteiger partial charge in [-0.3, -0.25) is 4.79 Å². The summed E-state index contributed by atoms with van der Waals surface area (Å²) in [4.78, 5) is 11.5. The minimum Gasteiger partial charge on any atom is -0.393 e. The van der Waals surface area contributed by atoms with Crippen LogP contribution >= 0.6 is 0 Å². The molecule has 4 aliphatic carbocycles. The first kappa shape index (κ1) is 20.8. The van der Waals surface area contributed by atoms with Crippen LogP contribution in [0.2, 0.25) is 0 Å². The minimum absolute atomic E-state index is 0.118. The zero-order chi connectivity index (χ0) is 20.1. The van der Waals surface area contributed by atoms with Gasteiger partial charge in [-0.15, -0.1) is 0 Å². The van der Waals surface area contributed by atoms with Gasteiger partial charge in [-0.25, -0.2) is 4.39 Å². The van der Waals surface area contributed by atoms with Crippen LogP contribution in [-0.2, 0) is 4.79 Å². The maximum absolute atomic E-state index is 12.6. The first-order valence-corrected chi connectivity index (χ1v) is 12.1. The molecule has 0 radical (unpaired) electrons. The summed E-state index contributed by atoms with van der Waals surface area (Å²) in [7, 11) is 0. The summed E-state index contributed by atoms with van der Waals surface area (Å²) in [6, 6.07) is 0. The van der Waals surface area contributed by atoms with Crippen molar-refractivity contribution in [1.29, 1.82) is 0 Å². The number of hydrogen-bond donors (Lipinski definition) is 1. The van der Waals surface area contributed by atoms with E-state index >= 15 is 0 Å². The van der Waals surface area contributed by atoms with E-state index < -0.39 is 6.67 Å². The van der Waals surface area contributed by atoms with Gasteiger partial charge in [0.05, 0.1) is 6.10 Å². The maximum Gasteiger partial charge on any atom is 0.163 e. The third-order valence-electron chi connectivity index (χ3n) is 10.4. The fourth-order valence-corrected chi connectivity index (χ4v) is 8.89. The Balaban J connectivity index is 1.53. The van der Waals surface area contributed by atoms with Crippen LogP contribution in [0.3, 0.4) is 0 Å². The number of hydrogen-bond acceptors (Lipinski definition) is 2. The van der Waals surface area contributed by atoms with Crippen LogP contribution in [0, 0.1) is 46.3 Å². The zero-order valence-electron chi connectivity index (χ0n) is 18.3. The van der Waals surface area contributed by atoms with E-state index in [0.29, 0.717) is 41.4 Å². The second-order valence-corrected chi connectivity index (χ2v) is 11.5. The molecule has 0 unspecified atom stereocenters. The number of ketones is 1. The summed E-state index contributed by atoms with van der Waals surface area (Å²) < 4.78 is 12.6. The third-order valence-corrected chi connectivity index (χ3v) is 10.4. The number of aliphatic hydroxyl groups is 1. The number of rotatable bonds is 5. The molecule has 9 atom stereocenters. The lowest BCUT2D eigenvalue weighted by molar-refractivity contribution is -0.164. The number of halogens is 1. The molecular weight excluding hydrogens is 351 g/mol. The first-order valence-electron chi connectivity index (χ1n) is 12.1. The monoisotopic (exact) mass is 392 g/mol. The van der Waals surface area contributed by atoms with Gasteiger partial charge in [-0.05, 0) is 97.7 Å². The summed E-state index contributed by atoms with van der Waals surface area (Å²) in [5.41, 5.74) is 0.735. The summed E-state index contributed by atoms with van der Waals surface area (Å²) in [5.74, 6) is 3.38. The summed E-state index contributed by atoms with van der Waals surface area (Å²) >= 11 is 0. The number of alkyl halides is 1. The van der Waals surface area contributed by atoms with E-state index in [2.05, 4.69) is 20.8 Å². The summed E-state index contributed by atoms with van der Waals surface area (Å²) in [5, 5.41) is 11.3. The Morgan fingerprint density at radius 2 is 1.82 bits per heavy atom. The molecule has 0 aromatic heterocycles. The molecule has 2 nitrogen and oxygen atoms in total. The third kappa shape index (κ3) is 3.19. The Kier molecular flexibility index (Phi) is 5.70. The largest absolute Gasteiger partial charge is 0.393 e. The molecule has 3 heteroatoms. The second kappa shape index (κ2) is 7.67. The van der Waals surface area contributed by atoms with E-state index in [9.17, 15) is 14.3 Å². The highest BCUT2D eigenvalue weighted by atomic mass is 19.1. The van der Waals surface area contributed by atoms with Crippen molar-refractivity contribution < 1.29 is 14.3 Å². The van der Waals surface area contributed by atoms with Gasteiger partial charge >= 0.3 is 0 Å². The van der Waals surface area contributed by atoms with Crippen LogP contribution in [-0.4, -0.2) is 23.7 Å². The molecule has 0 saturated heterocycles. The van der Waals surface area contributed by atoms with Crippen LogP contribution in [0.15, 0.2) is 0 Å². The van der Waals surface area contributed by atoms with Gasteiger partial charge in [0.1, 0.15) is 6.67 Å². The minimum atomic E-state index is -0.813. The number of carbonyl (C=O) groups is 1. The van der Waals surface area contributed by atoms with Crippen molar-refractivity contribution in [1.82, 2.24) is 0 Å². The summed E-state index contributed by atoms with van der Waals surface area (Å²) in [6.45, 7) is 6.51. The number of Topliss-reactive ketones (excluding diaryl/α,β-unsaturated/α-hetero) is 1. The molecule has 4 aliphatic rings. The van der Waals surface area contributed by atoms with Crippen LogP contribution in [0.4, 0.5) is 4.39 Å². The molecule has 1 N–H and O–H groups in total. The molecule has 4 rings (SSSR count). The van der Waals surface area contributed by atoms with Gasteiger partial charge in [-0.2, -0.15) is 0 Å². The maximum atomic E-state index is 12.6. The van der Waals surface area contributed by atoms with Gasteiger partial charge in [0.15, 0.2) is 5.78 Å². The Labute approximate surface area is 171 Å². The van der Waals surface area contributed by atoms with E-state index in [0.717, 1.165) is 18.8 Å². The van der Waals surface area contributed by atoms with Crippen LogP contribution < -0.4 is 0 Å². The average Bonchev–Trinajstić information content (AvgIpc) is 3.03. The lowest BCUT2D eigenvalue weighted by Crippen LogP contribution is -2.57. The standard InChI is InChI=1S/C25H41FO2/c1-16(7-8-18(27)15-26)19-9-10-20-23-21(11-13-25(19,20)3)24(2)12-5-4-6-17(24)14-22(23)28/h16-17,19-23,28H,4-15H2,1-3H3/t16-,17+,19-,20+,21+,22-,23+,24+,25-/m1/s1. The normalized spacial score (nSPS) is 49.0. The van der Waals surface area contributed by atoms with Crippen LogP contribution in [0.1, 0.15) is 91.4 Å². The van der Waals surface area contributed by atoms with Crippen molar-refractivity contribution >= 4 is 5.78 Å². The predicted octanol–water partition coefficient (Wildman–Crippen LogP) is 5.96. The van der Waals surface area contributed by atoms with Crippen molar-refractivity contribution in [3.63, 3.8) is 0 Å². The van der Waals surface area contributed by atoms with Crippen molar-refractivity contribution in [2.24, 2.45) is 46.3 Å². The molecule has 28 heavy (non-hydrogen) atoms. The van der Waals surface area contributed by atoms with Crippen LogP contribution in [0.5, 0.6) is 0 Å². The number of aliphatic hydroxyl groups excluding tert-OH is 1. The van der Waals surface area contributed by atoms with E-state index in [-0.39, 0.29) is 17.3 Å². The van der Waals surface area contributed by atoms with Gasteiger partial charge in [0.25, 0.3) is 0 Å². The number of fused-ring (bicyclic) bond motifs is 5. The van der Waals surface area contributed by atoms with Gasteiger partial charge in [0.2, 0.25) is 0 Å². The molecule has 4 fully saturated rings. The summed E-state index contributed by atoms with van der Waals surface area (Å²) in [6.07, 6.45) is 12.5. The molecule has 0 aromatic carbocycles. The number of carbonyl (C=O) groups excluding carboxylic acids is 1. The van der Waals surface area contributed by atoms with Gasteiger partial charge in [-0.1, -0.05) is 33.6 Å². The molecular formula is C25H41FO2. The van der Waals surface area contributed by atoms with E-state index in [1.54, 1.807) is 0 Å². The van der Waals surface area contributed by atoms with Crippen molar-refractivity contribution in [2.45, 2.75) is 97.5 Å². The molecule has 0 aromatic rings. The fourth-order valence-electron chi connectivity index (χ4n) is 8.89. The zero-order valence-corrected chi connectivity index (χ0v) is 18.3. The molecule has 4 saturated carbocycles. The molecule has 0 aliphatic heterocycles. The topological polar surface area (TPSA) is 37.3 Å². The van der Waals surface area contributed by atoms with E-state index in [4.69, 9.17) is 0 Å². The van der Waals surface area contributed by atoms with Crippen molar-refractivity contribution in [3.05, 3.63) is 0 Å².